The van der Waals surface area contributed by atoms with Gasteiger partial charge >= 0.3 is 0 Å². The summed E-state index contributed by atoms with van der Waals surface area (Å²) >= 11 is 3.63. The molecule has 0 bridgehead atoms. The van der Waals surface area contributed by atoms with Gasteiger partial charge in [0.15, 0.2) is 0 Å². The van der Waals surface area contributed by atoms with Crippen LogP contribution in [0.3, 0.4) is 0 Å². The summed E-state index contributed by atoms with van der Waals surface area (Å²) in [6.07, 6.45) is 0. The van der Waals surface area contributed by atoms with Gasteiger partial charge in [-0.15, -0.1) is 36.3 Å². The lowest BCUT2D eigenvalue weighted by Crippen LogP contribution is -2.56. The van der Waals surface area contributed by atoms with Crippen LogP contribution in [0.25, 0.3) is 0 Å². The molecule has 2 rings (SSSR count). The second kappa shape index (κ2) is 8.38. The molecule has 7 heteroatoms. The van der Waals surface area contributed by atoms with Gasteiger partial charge in [0.05, 0.1) is 18.8 Å². The van der Waals surface area contributed by atoms with Crippen LogP contribution in [0.1, 0.15) is 63.0 Å². The van der Waals surface area contributed by atoms with Crippen molar-refractivity contribution in [3.63, 3.8) is 0 Å². The second-order valence-electron chi connectivity index (χ2n) is 12.0. The summed E-state index contributed by atoms with van der Waals surface area (Å²) in [5.74, 6) is 0.610. The molecule has 0 spiro atoms. The van der Waals surface area contributed by atoms with Crippen molar-refractivity contribution in [3.05, 3.63) is 27.2 Å². The van der Waals surface area contributed by atoms with Crippen molar-refractivity contribution in [1.29, 1.82) is 0 Å². The number of benzene rings is 1. The van der Waals surface area contributed by atoms with E-state index in [1.807, 2.05) is 19.9 Å². The van der Waals surface area contributed by atoms with Crippen LogP contribution in [-0.4, -0.2) is 41.2 Å². The van der Waals surface area contributed by atoms with Gasteiger partial charge in [-0.3, -0.25) is 4.79 Å². The SMILES string of the molecule is Cc1cc2c(c(C)c1Br)C(=O)C(CO[Si-](C)(C)C(C)(C)C)(CO[Si-](C)(C)C(C)(C)C)O2. The molecule has 178 valence electrons. The van der Waals surface area contributed by atoms with Gasteiger partial charge < -0.3 is 13.6 Å². The molecule has 0 saturated carbocycles. The Morgan fingerprint density at radius 2 is 1.35 bits per heavy atom. The van der Waals surface area contributed by atoms with E-state index in [1.54, 1.807) is 0 Å². The lowest BCUT2D eigenvalue weighted by molar-refractivity contribution is 0.000272. The van der Waals surface area contributed by atoms with Gasteiger partial charge in [-0.2, -0.15) is 0 Å². The summed E-state index contributed by atoms with van der Waals surface area (Å²) in [5.41, 5.74) is 1.47. The summed E-state index contributed by atoms with van der Waals surface area (Å²) in [6.45, 7) is 26.4. The first kappa shape index (κ1) is 26.8. The minimum atomic E-state index is -2.09. The number of ether oxygens (including phenoxy) is 1. The number of hydrogen-bond donors (Lipinski definition) is 0. The molecule has 0 N–H and O–H groups in total. The number of halogens is 1. The van der Waals surface area contributed by atoms with Gasteiger partial charge in [-0.05, 0) is 47.7 Å². The third-order valence-corrected chi connectivity index (χ3v) is 17.7. The monoisotopic (exact) mass is 528 g/mol. The summed E-state index contributed by atoms with van der Waals surface area (Å²) in [5, 5.41) is 0.0804. The van der Waals surface area contributed by atoms with E-state index in [4.69, 9.17) is 13.6 Å². The Morgan fingerprint density at radius 3 is 1.74 bits per heavy atom. The van der Waals surface area contributed by atoms with Crippen LogP contribution >= 0.6 is 15.9 Å². The van der Waals surface area contributed by atoms with Crippen molar-refractivity contribution in [2.45, 2.75) is 97.3 Å². The lowest BCUT2D eigenvalue weighted by Gasteiger charge is -2.52. The zero-order valence-electron chi connectivity index (χ0n) is 21.5. The number of hydrogen-bond acceptors (Lipinski definition) is 4. The predicted molar refractivity (Wildman–Crippen MR) is 138 cm³/mol. The van der Waals surface area contributed by atoms with E-state index < -0.39 is 22.2 Å². The van der Waals surface area contributed by atoms with Crippen molar-refractivity contribution < 1.29 is 18.4 Å². The second-order valence-corrected chi connectivity index (χ2v) is 22.4. The zero-order valence-corrected chi connectivity index (χ0v) is 25.1. The fourth-order valence-electron chi connectivity index (χ4n) is 3.03. The number of fused-ring (bicyclic) bond motifs is 1. The molecule has 1 aromatic carbocycles. The largest absolute Gasteiger partial charge is 0.561 e. The number of rotatable bonds is 6. The first-order chi connectivity index (χ1) is 13.8. The normalized spacial score (nSPS) is 17.0. The van der Waals surface area contributed by atoms with E-state index in [9.17, 15) is 4.79 Å². The van der Waals surface area contributed by atoms with Crippen molar-refractivity contribution in [3.8, 4) is 5.75 Å². The van der Waals surface area contributed by atoms with Gasteiger partial charge in [0.1, 0.15) is 5.75 Å². The van der Waals surface area contributed by atoms with Crippen LogP contribution in [0.5, 0.6) is 5.75 Å². The third-order valence-electron chi connectivity index (χ3n) is 7.54. The van der Waals surface area contributed by atoms with E-state index in [0.717, 1.165) is 15.6 Å². The molecule has 0 atom stereocenters. The molecular weight excluding hydrogens is 488 g/mol. The maximum atomic E-state index is 13.9. The van der Waals surface area contributed by atoms with Crippen molar-refractivity contribution in [2.24, 2.45) is 0 Å². The van der Waals surface area contributed by atoms with Crippen LogP contribution < -0.4 is 4.74 Å². The average Bonchev–Trinajstić information content (AvgIpc) is 2.87. The van der Waals surface area contributed by atoms with Crippen LogP contribution in [0.2, 0.25) is 36.3 Å². The van der Waals surface area contributed by atoms with Crippen LogP contribution in [-0.2, 0) is 8.85 Å². The molecule has 1 aliphatic rings. The molecule has 0 aliphatic carbocycles. The first-order valence-electron chi connectivity index (χ1n) is 11.1. The highest BCUT2D eigenvalue weighted by atomic mass is 79.9. The van der Waals surface area contributed by atoms with Gasteiger partial charge in [0, 0.05) is 4.47 Å². The van der Waals surface area contributed by atoms with Gasteiger partial charge in [0.25, 0.3) is 0 Å². The minimum Gasteiger partial charge on any atom is -0.561 e. The van der Waals surface area contributed by atoms with Gasteiger partial charge in [-0.25, -0.2) is 0 Å². The molecule has 0 fully saturated rings. The summed E-state index contributed by atoms with van der Waals surface area (Å²) in [4.78, 5) is 13.9. The van der Waals surface area contributed by atoms with E-state index in [2.05, 4.69) is 83.7 Å². The Bertz CT molecular complexity index is 834. The number of aryl methyl sites for hydroxylation is 1. The number of Topliss-reactive ketones (excluding diaryl/α,β-unsaturated/α-hetero) is 1. The molecule has 1 aromatic rings. The third kappa shape index (κ3) is 5.05. The van der Waals surface area contributed by atoms with Gasteiger partial charge in [0.2, 0.25) is 11.4 Å². The Morgan fingerprint density at radius 1 is 0.935 bits per heavy atom. The Labute approximate surface area is 199 Å². The Hall–Kier alpha value is -0.476. The topological polar surface area (TPSA) is 44.8 Å². The smallest absolute Gasteiger partial charge is 0.214 e. The molecule has 1 heterocycles. The molecule has 4 nitrogen and oxygen atoms in total. The number of ketones is 1. The number of carbonyl (C=O) groups is 1. The fraction of sp³-hybridized carbons (Fsp3) is 0.708. The van der Waals surface area contributed by atoms with Crippen molar-refractivity contribution in [2.75, 3.05) is 13.2 Å². The maximum absolute atomic E-state index is 13.9. The molecule has 31 heavy (non-hydrogen) atoms. The Balaban J connectivity index is 2.47. The highest BCUT2D eigenvalue weighted by Gasteiger charge is 2.50. The quantitative estimate of drug-likeness (QED) is 0.360. The van der Waals surface area contributed by atoms with Crippen molar-refractivity contribution in [1.82, 2.24) is 0 Å². The molecule has 0 radical (unpaired) electrons. The maximum Gasteiger partial charge on any atom is 0.214 e. The molecule has 0 amide bonds. The lowest BCUT2D eigenvalue weighted by atomic mass is 9.93. The predicted octanol–water partition coefficient (Wildman–Crippen LogP) is 7.42. The summed E-state index contributed by atoms with van der Waals surface area (Å²) in [7, 11) is -4.17. The van der Waals surface area contributed by atoms with E-state index >= 15 is 0 Å². The standard InChI is InChI=1S/C24H41BrO4Si2/c1-16-13-18-19(17(2)20(16)25)21(26)24(29-18,14-27-30(9,10)22(3,4)5)15-28-31(11,12)23(6,7)8/h13H,14-15H2,1-12H3/q-2. The summed E-state index contributed by atoms with van der Waals surface area (Å²) in [6, 6.07) is 1.95. The highest BCUT2D eigenvalue weighted by molar-refractivity contribution is 9.10. The number of carbonyl (C=O) groups excluding carboxylic acids is 1. The highest BCUT2D eigenvalue weighted by Crippen LogP contribution is 2.45. The van der Waals surface area contributed by atoms with E-state index in [-0.39, 0.29) is 29.1 Å². The molecular formula is C24H41BrO4Si2-2. The molecule has 0 unspecified atom stereocenters. The minimum absolute atomic E-state index is 0.0295. The van der Waals surface area contributed by atoms with Crippen LogP contribution in [0.15, 0.2) is 10.5 Å². The zero-order chi connectivity index (χ0) is 24.2. The molecule has 0 aromatic heterocycles. The first-order valence-corrected chi connectivity index (χ1v) is 17.7. The molecule has 0 saturated heterocycles. The van der Waals surface area contributed by atoms with Crippen molar-refractivity contribution >= 4 is 38.3 Å². The summed E-state index contributed by atoms with van der Waals surface area (Å²) < 4.78 is 20.5. The average molecular weight is 530 g/mol. The van der Waals surface area contributed by atoms with E-state index in [1.165, 1.54) is 0 Å². The van der Waals surface area contributed by atoms with Crippen LogP contribution in [0, 0.1) is 13.8 Å². The fourth-order valence-corrected chi connectivity index (χ4v) is 5.40. The van der Waals surface area contributed by atoms with Gasteiger partial charge in [-0.1, -0.05) is 57.5 Å². The Kier molecular flexibility index (Phi) is 7.24. The van der Waals surface area contributed by atoms with Crippen LogP contribution in [0.4, 0.5) is 0 Å². The van der Waals surface area contributed by atoms with E-state index in [0.29, 0.717) is 11.3 Å². The molecule has 1 aliphatic heterocycles.